The SMILES string of the molecule is CCCC(C(=N)N)(C(=N)N)C(=O)O. The average molecular weight is 186 g/mol. The minimum atomic E-state index is -1.81. The Kier molecular flexibility index (Phi) is 3.41. The molecule has 0 aliphatic heterocycles. The van der Waals surface area contributed by atoms with Crippen LogP contribution in [0.15, 0.2) is 0 Å². The molecule has 0 aliphatic rings. The van der Waals surface area contributed by atoms with Crippen molar-refractivity contribution in [2.24, 2.45) is 16.9 Å². The van der Waals surface area contributed by atoms with Crippen molar-refractivity contribution < 1.29 is 9.90 Å². The van der Waals surface area contributed by atoms with E-state index in [9.17, 15) is 4.79 Å². The van der Waals surface area contributed by atoms with E-state index in [1.165, 1.54) is 0 Å². The molecule has 6 nitrogen and oxygen atoms in total. The number of rotatable bonds is 5. The Morgan fingerprint density at radius 2 is 1.77 bits per heavy atom. The molecule has 74 valence electrons. The summed E-state index contributed by atoms with van der Waals surface area (Å²) in [4.78, 5) is 10.9. The average Bonchev–Trinajstić information content (AvgIpc) is 1.97. The Balaban J connectivity index is 5.18. The van der Waals surface area contributed by atoms with Crippen molar-refractivity contribution in [3.05, 3.63) is 0 Å². The normalized spacial score (nSPS) is 14.5. The summed E-state index contributed by atoms with van der Waals surface area (Å²) in [5.41, 5.74) is 8.47. The van der Waals surface area contributed by atoms with E-state index in [1.807, 2.05) is 0 Å². The number of carboxylic acid groups (broad SMARTS) is 1. The lowest BCUT2D eigenvalue weighted by atomic mass is 9.81. The molecule has 0 amide bonds. The minimum Gasteiger partial charge on any atom is -0.480 e. The second kappa shape index (κ2) is 3.88. The van der Waals surface area contributed by atoms with Gasteiger partial charge in [-0.3, -0.25) is 15.6 Å². The number of carbonyl (C=O) groups is 1. The summed E-state index contributed by atoms with van der Waals surface area (Å²) in [6.45, 7) is 1.74. The lowest BCUT2D eigenvalue weighted by Gasteiger charge is -2.25. The smallest absolute Gasteiger partial charge is 0.325 e. The molecule has 0 fully saturated rings. The fourth-order valence-electron chi connectivity index (χ4n) is 1.13. The summed E-state index contributed by atoms with van der Waals surface area (Å²) in [6, 6.07) is 0. The fourth-order valence-corrected chi connectivity index (χ4v) is 1.13. The van der Waals surface area contributed by atoms with Crippen molar-refractivity contribution in [1.29, 1.82) is 10.8 Å². The Morgan fingerprint density at radius 1 is 1.38 bits per heavy atom. The van der Waals surface area contributed by atoms with Gasteiger partial charge in [0.05, 0.1) is 0 Å². The van der Waals surface area contributed by atoms with Crippen LogP contribution >= 0.6 is 0 Å². The van der Waals surface area contributed by atoms with E-state index in [0.717, 1.165) is 0 Å². The lowest BCUT2D eigenvalue weighted by molar-refractivity contribution is -0.142. The van der Waals surface area contributed by atoms with Gasteiger partial charge in [0.25, 0.3) is 0 Å². The van der Waals surface area contributed by atoms with E-state index in [0.29, 0.717) is 6.42 Å². The summed E-state index contributed by atoms with van der Waals surface area (Å²) in [5.74, 6) is -2.52. The molecule has 7 N–H and O–H groups in total. The molecular formula is C7H14N4O2. The van der Waals surface area contributed by atoms with Crippen molar-refractivity contribution >= 4 is 17.6 Å². The fraction of sp³-hybridized carbons (Fsp3) is 0.571. The monoisotopic (exact) mass is 186 g/mol. The van der Waals surface area contributed by atoms with E-state index < -0.39 is 23.1 Å². The van der Waals surface area contributed by atoms with Crippen molar-refractivity contribution in [1.82, 2.24) is 0 Å². The maximum atomic E-state index is 10.9. The van der Waals surface area contributed by atoms with Gasteiger partial charge in [-0.2, -0.15) is 0 Å². The van der Waals surface area contributed by atoms with E-state index in [4.69, 9.17) is 27.4 Å². The van der Waals surface area contributed by atoms with E-state index in [2.05, 4.69) is 0 Å². The first-order valence-corrected chi connectivity index (χ1v) is 3.82. The van der Waals surface area contributed by atoms with Crippen molar-refractivity contribution in [2.75, 3.05) is 0 Å². The number of nitrogens with two attached hydrogens (primary N) is 2. The number of amidine groups is 2. The standard InChI is InChI=1S/C7H14N4O2/c1-2-3-7(4(8)9,5(10)11)6(12)13/h2-3H2,1H3,(H3,8,9)(H3,10,11)(H,12,13). The highest BCUT2D eigenvalue weighted by atomic mass is 16.4. The van der Waals surface area contributed by atoms with Crippen LogP contribution in [0.4, 0.5) is 0 Å². The molecule has 0 bridgehead atoms. The molecule has 0 saturated heterocycles. The number of hydrogen-bond donors (Lipinski definition) is 5. The summed E-state index contributed by atoms with van der Waals surface area (Å²) >= 11 is 0. The van der Waals surface area contributed by atoms with E-state index in [-0.39, 0.29) is 6.42 Å². The third kappa shape index (κ3) is 1.77. The van der Waals surface area contributed by atoms with Gasteiger partial charge < -0.3 is 16.6 Å². The van der Waals surface area contributed by atoms with Crippen LogP contribution < -0.4 is 11.5 Å². The summed E-state index contributed by atoms with van der Waals surface area (Å²) in [7, 11) is 0. The molecule has 0 radical (unpaired) electrons. The largest absolute Gasteiger partial charge is 0.480 e. The molecule has 13 heavy (non-hydrogen) atoms. The molecule has 6 heteroatoms. The van der Waals surface area contributed by atoms with Gasteiger partial charge in [0, 0.05) is 0 Å². The highest BCUT2D eigenvalue weighted by Crippen LogP contribution is 2.23. The molecule has 0 saturated carbocycles. The summed E-state index contributed by atoms with van der Waals surface area (Å²) < 4.78 is 0. The van der Waals surface area contributed by atoms with Crippen LogP contribution in [0.2, 0.25) is 0 Å². The number of nitrogens with one attached hydrogen (secondary N) is 2. The minimum absolute atomic E-state index is 0.0764. The maximum absolute atomic E-state index is 10.9. The van der Waals surface area contributed by atoms with Gasteiger partial charge in [-0.1, -0.05) is 13.3 Å². The van der Waals surface area contributed by atoms with Gasteiger partial charge in [0.2, 0.25) is 0 Å². The lowest BCUT2D eigenvalue weighted by Crippen LogP contribution is -2.52. The molecule has 0 aromatic heterocycles. The van der Waals surface area contributed by atoms with Crippen LogP contribution in [-0.4, -0.2) is 22.7 Å². The summed E-state index contributed by atoms with van der Waals surface area (Å²) in [5, 5.41) is 23.1. The zero-order chi connectivity index (χ0) is 10.6. The van der Waals surface area contributed by atoms with Crippen LogP contribution in [-0.2, 0) is 4.79 Å². The Bertz CT molecular complexity index is 213. The molecule has 0 heterocycles. The van der Waals surface area contributed by atoms with Crippen LogP contribution in [0.5, 0.6) is 0 Å². The topological polar surface area (TPSA) is 137 Å². The van der Waals surface area contributed by atoms with Crippen molar-refractivity contribution in [3.63, 3.8) is 0 Å². The predicted molar refractivity (Wildman–Crippen MR) is 48.8 cm³/mol. The molecule has 0 spiro atoms. The van der Waals surface area contributed by atoms with Crippen molar-refractivity contribution in [3.8, 4) is 0 Å². The third-order valence-corrected chi connectivity index (χ3v) is 1.91. The predicted octanol–water partition coefficient (Wildman–Crippen LogP) is -0.271. The first-order chi connectivity index (χ1) is 5.89. The van der Waals surface area contributed by atoms with Crippen LogP contribution in [0.25, 0.3) is 0 Å². The van der Waals surface area contributed by atoms with Gasteiger partial charge in [-0.25, -0.2) is 0 Å². The van der Waals surface area contributed by atoms with Gasteiger partial charge >= 0.3 is 5.97 Å². The molecule has 0 rings (SSSR count). The van der Waals surface area contributed by atoms with E-state index in [1.54, 1.807) is 6.92 Å². The van der Waals surface area contributed by atoms with Gasteiger partial charge in [0.1, 0.15) is 11.7 Å². The molecule has 0 aromatic rings. The Morgan fingerprint density at radius 3 is 1.85 bits per heavy atom. The highest BCUT2D eigenvalue weighted by Gasteiger charge is 2.44. The molecular weight excluding hydrogens is 172 g/mol. The Labute approximate surface area is 75.9 Å². The maximum Gasteiger partial charge on any atom is 0.325 e. The quantitative estimate of drug-likeness (QED) is 0.298. The molecule has 0 unspecified atom stereocenters. The van der Waals surface area contributed by atoms with Gasteiger partial charge in [0.15, 0.2) is 5.41 Å². The Hall–Kier alpha value is -1.59. The molecule has 0 aromatic carbocycles. The number of carboxylic acids is 1. The highest BCUT2D eigenvalue weighted by molar-refractivity contribution is 6.21. The zero-order valence-corrected chi connectivity index (χ0v) is 7.42. The van der Waals surface area contributed by atoms with Crippen LogP contribution in [0.3, 0.4) is 0 Å². The number of hydrogen-bond acceptors (Lipinski definition) is 3. The number of aliphatic carboxylic acids is 1. The second-order valence-corrected chi connectivity index (χ2v) is 2.79. The van der Waals surface area contributed by atoms with Gasteiger partial charge in [-0.05, 0) is 6.42 Å². The van der Waals surface area contributed by atoms with Gasteiger partial charge in [-0.15, -0.1) is 0 Å². The first kappa shape index (κ1) is 11.4. The molecule has 0 atom stereocenters. The van der Waals surface area contributed by atoms with Crippen molar-refractivity contribution in [2.45, 2.75) is 19.8 Å². The second-order valence-electron chi connectivity index (χ2n) is 2.79. The van der Waals surface area contributed by atoms with Crippen LogP contribution in [0, 0.1) is 16.2 Å². The first-order valence-electron chi connectivity index (χ1n) is 3.82. The zero-order valence-electron chi connectivity index (χ0n) is 7.42. The third-order valence-electron chi connectivity index (χ3n) is 1.91. The van der Waals surface area contributed by atoms with Crippen LogP contribution in [0.1, 0.15) is 19.8 Å². The molecule has 0 aliphatic carbocycles. The summed E-state index contributed by atoms with van der Waals surface area (Å²) in [6.07, 6.45) is 0.568. The van der Waals surface area contributed by atoms with E-state index >= 15 is 0 Å².